The minimum atomic E-state index is -2.01. The third-order valence-electron chi connectivity index (χ3n) is 5.97. The van der Waals surface area contributed by atoms with Crippen molar-refractivity contribution in [3.8, 4) is 0 Å². The zero-order valence-electron chi connectivity index (χ0n) is 15.1. The van der Waals surface area contributed by atoms with Crippen LogP contribution in [0.2, 0.25) is 0 Å². The molecule has 0 heterocycles. The minimum Gasteiger partial charge on any atom is -0.301 e. The van der Waals surface area contributed by atoms with Gasteiger partial charge in [-0.15, -0.1) is 0 Å². The van der Waals surface area contributed by atoms with Gasteiger partial charge in [0.1, 0.15) is 0 Å². The quantitative estimate of drug-likeness (QED) is 0.488. The first-order valence-electron chi connectivity index (χ1n) is 10.4. The Morgan fingerprint density at radius 2 is 1.00 bits per heavy atom. The van der Waals surface area contributed by atoms with Crippen molar-refractivity contribution in [1.29, 1.82) is 0 Å². The zero-order chi connectivity index (χ0) is 16.0. The fraction of sp³-hybridized carbons (Fsp3) is 1.00. The Balaban J connectivity index is 1.69. The third-order valence-corrected chi connectivity index (χ3v) is 9.27. The summed E-state index contributed by atoms with van der Waals surface area (Å²) in [6, 6.07) is 2.15. The molecule has 0 aromatic carbocycles. The van der Waals surface area contributed by atoms with Crippen molar-refractivity contribution in [2.24, 2.45) is 0 Å². The van der Waals surface area contributed by atoms with Gasteiger partial charge in [0, 0.05) is 18.1 Å². The number of hydrogen-bond donors (Lipinski definition) is 4. The van der Waals surface area contributed by atoms with Crippen molar-refractivity contribution < 1.29 is 0 Å². The molecule has 3 fully saturated rings. The topological polar surface area (TPSA) is 48.1 Å². The van der Waals surface area contributed by atoms with Gasteiger partial charge in [-0.2, -0.15) is 0 Å². The Hall–Kier alpha value is 0.0569. The van der Waals surface area contributed by atoms with Crippen LogP contribution in [-0.4, -0.2) is 33.4 Å². The average Bonchev–Trinajstić information content (AvgIpc) is 3.28. The summed E-state index contributed by atoms with van der Waals surface area (Å²) in [7, 11) is -2.01. The van der Waals surface area contributed by atoms with Gasteiger partial charge in [0.2, 0.25) is 0 Å². The molecule has 0 aromatic rings. The molecule has 0 bridgehead atoms. The van der Waals surface area contributed by atoms with Gasteiger partial charge in [-0.25, -0.2) is 0 Å². The van der Waals surface area contributed by atoms with E-state index in [1.165, 1.54) is 83.5 Å². The highest BCUT2D eigenvalue weighted by atomic mass is 28.4. The summed E-state index contributed by atoms with van der Waals surface area (Å²) >= 11 is 0. The van der Waals surface area contributed by atoms with Crippen molar-refractivity contribution in [2.75, 3.05) is 6.54 Å². The highest BCUT2D eigenvalue weighted by Gasteiger charge is 2.41. The Labute approximate surface area is 144 Å². The Morgan fingerprint density at radius 1 is 0.652 bits per heavy atom. The maximum absolute atomic E-state index is 4.12. The molecule has 0 atom stereocenters. The summed E-state index contributed by atoms with van der Waals surface area (Å²) in [4.78, 5) is 16.3. The molecule has 3 rings (SSSR count). The SMILES string of the molecule is CCCN[Si](NC1CCCC1)(NC1CCCC1)NC1CCCC1. The standard InChI is InChI=1S/C18H38N4Si/c1-2-15-19-23(20-16-9-3-4-10-16,21-17-11-5-6-12-17)22-18-13-7-8-14-18/h16-22H,2-15H2,1H3. The van der Waals surface area contributed by atoms with Crippen LogP contribution in [0.15, 0.2) is 0 Å². The molecule has 5 heteroatoms. The van der Waals surface area contributed by atoms with E-state index in [9.17, 15) is 0 Å². The van der Waals surface area contributed by atoms with Crippen molar-refractivity contribution in [2.45, 2.75) is 109 Å². The lowest BCUT2D eigenvalue weighted by Gasteiger charge is -2.40. The third kappa shape index (κ3) is 5.26. The first-order chi connectivity index (χ1) is 11.3. The number of rotatable bonds is 9. The van der Waals surface area contributed by atoms with E-state index in [0.29, 0.717) is 18.1 Å². The van der Waals surface area contributed by atoms with E-state index in [1.54, 1.807) is 0 Å². The summed E-state index contributed by atoms with van der Waals surface area (Å²) in [6.07, 6.45) is 17.8. The van der Waals surface area contributed by atoms with Crippen LogP contribution in [0.1, 0.15) is 90.4 Å². The Morgan fingerprint density at radius 3 is 1.30 bits per heavy atom. The molecule has 0 aliphatic heterocycles. The van der Waals surface area contributed by atoms with Gasteiger partial charge in [-0.05, 0) is 51.5 Å². The lowest BCUT2D eigenvalue weighted by atomic mass is 10.3. The van der Waals surface area contributed by atoms with Gasteiger partial charge < -0.3 is 4.98 Å². The van der Waals surface area contributed by atoms with E-state index in [4.69, 9.17) is 0 Å². The molecule has 134 valence electrons. The van der Waals surface area contributed by atoms with Gasteiger partial charge in [0.25, 0.3) is 0 Å². The summed E-state index contributed by atoms with van der Waals surface area (Å²) < 4.78 is 0. The van der Waals surface area contributed by atoms with E-state index in [0.717, 1.165) is 6.54 Å². The van der Waals surface area contributed by atoms with Gasteiger partial charge >= 0.3 is 8.72 Å². The van der Waals surface area contributed by atoms with Crippen LogP contribution in [-0.2, 0) is 0 Å². The van der Waals surface area contributed by atoms with Crippen LogP contribution in [0.3, 0.4) is 0 Å². The highest BCUT2D eigenvalue weighted by Crippen LogP contribution is 2.23. The highest BCUT2D eigenvalue weighted by molar-refractivity contribution is 6.70. The fourth-order valence-electron chi connectivity index (χ4n) is 4.72. The second kappa shape index (κ2) is 8.95. The molecule has 0 amide bonds. The van der Waals surface area contributed by atoms with Gasteiger partial charge in [-0.1, -0.05) is 45.4 Å². The molecule has 4 nitrogen and oxygen atoms in total. The number of hydrogen-bond acceptors (Lipinski definition) is 4. The number of nitrogens with one attached hydrogen (secondary N) is 4. The molecule has 0 saturated heterocycles. The van der Waals surface area contributed by atoms with Gasteiger partial charge in [0.15, 0.2) is 0 Å². The van der Waals surface area contributed by atoms with Crippen LogP contribution in [0, 0.1) is 0 Å². The molecule has 0 aromatic heterocycles. The van der Waals surface area contributed by atoms with E-state index in [-0.39, 0.29) is 0 Å². The van der Waals surface area contributed by atoms with Crippen LogP contribution >= 0.6 is 0 Å². The van der Waals surface area contributed by atoms with Crippen molar-refractivity contribution in [3.63, 3.8) is 0 Å². The smallest absolute Gasteiger partial charge is 0.301 e. The normalized spacial score (nSPS) is 24.9. The van der Waals surface area contributed by atoms with Crippen LogP contribution < -0.4 is 19.9 Å². The molecule has 4 N–H and O–H groups in total. The molecule has 0 unspecified atom stereocenters. The zero-order valence-corrected chi connectivity index (χ0v) is 16.1. The summed E-state index contributed by atoms with van der Waals surface area (Å²) in [5.41, 5.74) is 0. The van der Waals surface area contributed by atoms with E-state index in [2.05, 4.69) is 26.9 Å². The lowest BCUT2D eigenvalue weighted by Crippen LogP contribution is -2.84. The molecule has 3 aliphatic rings. The second-order valence-corrected chi connectivity index (χ2v) is 10.8. The van der Waals surface area contributed by atoms with Crippen LogP contribution in [0.5, 0.6) is 0 Å². The van der Waals surface area contributed by atoms with E-state index >= 15 is 0 Å². The van der Waals surface area contributed by atoms with E-state index in [1.807, 2.05) is 0 Å². The van der Waals surface area contributed by atoms with Gasteiger partial charge in [-0.3, -0.25) is 14.9 Å². The first-order valence-corrected chi connectivity index (χ1v) is 12.4. The van der Waals surface area contributed by atoms with Crippen molar-refractivity contribution in [3.05, 3.63) is 0 Å². The van der Waals surface area contributed by atoms with Crippen molar-refractivity contribution >= 4 is 8.72 Å². The van der Waals surface area contributed by atoms with Crippen molar-refractivity contribution in [1.82, 2.24) is 19.9 Å². The summed E-state index contributed by atoms with van der Waals surface area (Å²) in [5, 5.41) is 0. The molecule has 0 spiro atoms. The largest absolute Gasteiger partial charge is 0.366 e. The van der Waals surface area contributed by atoms with Crippen LogP contribution in [0.4, 0.5) is 0 Å². The average molecular weight is 339 g/mol. The summed E-state index contributed by atoms with van der Waals surface area (Å²) in [6.45, 7) is 3.40. The predicted octanol–water partition coefficient (Wildman–Crippen LogP) is 3.02. The molecule has 0 radical (unpaired) electrons. The second-order valence-electron chi connectivity index (χ2n) is 8.05. The molecular formula is C18H38N4Si. The van der Waals surface area contributed by atoms with Gasteiger partial charge in [0.05, 0.1) is 0 Å². The molecule has 23 heavy (non-hydrogen) atoms. The monoisotopic (exact) mass is 338 g/mol. The molecule has 3 aliphatic carbocycles. The Kier molecular flexibility index (Phi) is 6.95. The predicted molar refractivity (Wildman–Crippen MR) is 100 cm³/mol. The first kappa shape index (κ1) is 17.9. The minimum absolute atomic E-state index is 0.717. The van der Waals surface area contributed by atoms with Crippen LogP contribution in [0.25, 0.3) is 0 Å². The molecular weight excluding hydrogens is 300 g/mol. The molecule has 3 saturated carbocycles. The summed E-state index contributed by atoms with van der Waals surface area (Å²) in [5.74, 6) is 0. The fourth-order valence-corrected chi connectivity index (χ4v) is 8.60. The lowest BCUT2D eigenvalue weighted by molar-refractivity contribution is 0.504. The maximum atomic E-state index is 4.12. The maximum Gasteiger partial charge on any atom is 0.366 e. The van der Waals surface area contributed by atoms with E-state index < -0.39 is 8.72 Å². The Bertz CT molecular complexity index is 288.